The Kier molecular flexibility index (Phi) is 5.38. The van der Waals surface area contributed by atoms with Crippen LogP contribution in [-0.4, -0.2) is 23.5 Å². The van der Waals surface area contributed by atoms with Crippen LogP contribution in [0.15, 0.2) is 16.6 Å². The third kappa shape index (κ3) is 3.46. The summed E-state index contributed by atoms with van der Waals surface area (Å²) in [5, 5.41) is 0. The molecular weight excluding hydrogens is 338 g/mol. The van der Waals surface area contributed by atoms with Crippen molar-refractivity contribution in [3.8, 4) is 0 Å². The van der Waals surface area contributed by atoms with E-state index in [1.54, 1.807) is 0 Å². The maximum atomic E-state index is 14.3. The maximum absolute atomic E-state index is 14.3. The van der Waals surface area contributed by atoms with Crippen LogP contribution >= 0.6 is 15.9 Å². The first-order chi connectivity index (χ1) is 9.85. The quantitative estimate of drug-likeness (QED) is 0.810. The van der Waals surface area contributed by atoms with Gasteiger partial charge in [0, 0.05) is 11.1 Å². The van der Waals surface area contributed by atoms with Gasteiger partial charge in [0.1, 0.15) is 11.6 Å². The predicted molar refractivity (Wildman–Crippen MR) is 85.1 cm³/mol. The zero-order valence-electron chi connectivity index (χ0n) is 12.6. The number of rotatable bonds is 3. The summed E-state index contributed by atoms with van der Waals surface area (Å²) >= 11 is 3.11. The summed E-state index contributed by atoms with van der Waals surface area (Å²) in [6, 6.07) is 1.92. The second kappa shape index (κ2) is 6.71. The molecule has 2 N–H and O–H groups in total. The first-order valence-electron chi connectivity index (χ1n) is 7.49. The summed E-state index contributed by atoms with van der Waals surface area (Å²) in [4.78, 5) is 2.27. The zero-order valence-corrected chi connectivity index (χ0v) is 14.2. The van der Waals surface area contributed by atoms with Gasteiger partial charge in [-0.3, -0.25) is 4.90 Å². The number of likely N-dealkylation sites (tertiary alicyclic amines) is 1. The van der Waals surface area contributed by atoms with Crippen LogP contribution in [0.1, 0.15) is 51.1 Å². The monoisotopic (exact) mass is 360 g/mol. The van der Waals surface area contributed by atoms with E-state index in [2.05, 4.69) is 20.8 Å². The van der Waals surface area contributed by atoms with Crippen molar-refractivity contribution in [2.45, 2.75) is 51.1 Å². The molecule has 2 rings (SSSR count). The number of halogens is 3. The Labute approximate surface area is 133 Å². The van der Waals surface area contributed by atoms with Crippen molar-refractivity contribution < 1.29 is 8.78 Å². The Morgan fingerprint density at radius 1 is 1.14 bits per heavy atom. The van der Waals surface area contributed by atoms with Gasteiger partial charge in [-0.25, -0.2) is 8.78 Å². The Balaban J connectivity index is 2.33. The molecule has 1 aromatic carbocycles. The number of nitrogens with two attached hydrogens (primary N) is 1. The molecule has 21 heavy (non-hydrogen) atoms. The summed E-state index contributed by atoms with van der Waals surface area (Å²) in [7, 11) is 0. The van der Waals surface area contributed by atoms with Crippen LogP contribution in [0, 0.1) is 11.6 Å². The largest absolute Gasteiger partial charge is 0.322 e. The molecule has 118 valence electrons. The number of benzene rings is 1. The lowest BCUT2D eigenvalue weighted by Gasteiger charge is -2.42. The van der Waals surface area contributed by atoms with E-state index in [-0.39, 0.29) is 10.0 Å². The fourth-order valence-corrected chi connectivity index (χ4v) is 3.37. The van der Waals surface area contributed by atoms with Gasteiger partial charge in [-0.1, -0.05) is 12.8 Å². The Morgan fingerprint density at radius 2 is 1.71 bits per heavy atom. The smallest absolute Gasteiger partial charge is 0.145 e. The molecule has 0 aliphatic carbocycles. The minimum Gasteiger partial charge on any atom is -0.322 e. The van der Waals surface area contributed by atoms with Crippen molar-refractivity contribution in [2.24, 2.45) is 5.73 Å². The van der Waals surface area contributed by atoms with Gasteiger partial charge in [0.05, 0.1) is 10.5 Å². The first-order valence-corrected chi connectivity index (χ1v) is 8.29. The topological polar surface area (TPSA) is 29.3 Å². The van der Waals surface area contributed by atoms with Gasteiger partial charge < -0.3 is 5.73 Å². The van der Waals surface area contributed by atoms with Crippen LogP contribution in [0.2, 0.25) is 0 Å². The van der Waals surface area contributed by atoms with Crippen molar-refractivity contribution >= 4 is 15.9 Å². The molecule has 0 amide bonds. The molecule has 0 bridgehead atoms. The summed E-state index contributed by atoms with van der Waals surface area (Å²) in [6.07, 6.45) is 4.64. The van der Waals surface area contributed by atoms with Crippen LogP contribution in [0.25, 0.3) is 0 Å². The predicted octanol–water partition coefficient (Wildman–Crippen LogP) is 4.38. The molecule has 1 aliphatic heterocycles. The number of hydrogen-bond donors (Lipinski definition) is 1. The highest BCUT2D eigenvalue weighted by atomic mass is 79.9. The van der Waals surface area contributed by atoms with Crippen molar-refractivity contribution in [1.82, 2.24) is 4.90 Å². The molecule has 5 heteroatoms. The van der Waals surface area contributed by atoms with E-state index in [9.17, 15) is 8.78 Å². The van der Waals surface area contributed by atoms with E-state index in [0.29, 0.717) is 0 Å². The molecule has 1 saturated heterocycles. The lowest BCUT2D eigenvalue weighted by Crippen LogP contribution is -2.52. The van der Waals surface area contributed by atoms with Gasteiger partial charge in [-0.05, 0) is 67.8 Å². The van der Waals surface area contributed by atoms with E-state index < -0.39 is 23.2 Å². The molecule has 1 heterocycles. The highest BCUT2D eigenvalue weighted by Gasteiger charge is 2.37. The van der Waals surface area contributed by atoms with Gasteiger partial charge in [0.25, 0.3) is 0 Å². The molecular formula is C16H23BrF2N2. The maximum Gasteiger partial charge on any atom is 0.145 e. The molecule has 1 unspecified atom stereocenters. The summed E-state index contributed by atoms with van der Waals surface area (Å²) < 4.78 is 28.7. The Morgan fingerprint density at radius 3 is 2.29 bits per heavy atom. The molecule has 1 fully saturated rings. The van der Waals surface area contributed by atoms with E-state index >= 15 is 0 Å². The average molecular weight is 361 g/mol. The second-order valence-electron chi connectivity index (χ2n) is 6.29. The molecule has 0 radical (unpaired) electrons. The second-order valence-corrected chi connectivity index (χ2v) is 7.14. The van der Waals surface area contributed by atoms with Crippen LogP contribution in [-0.2, 0) is 0 Å². The van der Waals surface area contributed by atoms with Gasteiger partial charge in [-0.2, -0.15) is 0 Å². The van der Waals surface area contributed by atoms with Crippen LogP contribution < -0.4 is 5.73 Å². The normalized spacial score (nSPS) is 19.3. The minimum atomic E-state index is -0.715. The molecule has 0 saturated carbocycles. The van der Waals surface area contributed by atoms with Gasteiger partial charge in [0.2, 0.25) is 0 Å². The lowest BCUT2D eigenvalue weighted by molar-refractivity contribution is 0.0953. The molecule has 1 aromatic rings. The van der Waals surface area contributed by atoms with Crippen molar-refractivity contribution in [1.29, 1.82) is 0 Å². The van der Waals surface area contributed by atoms with Crippen molar-refractivity contribution in [3.63, 3.8) is 0 Å². The van der Waals surface area contributed by atoms with Gasteiger partial charge >= 0.3 is 0 Å². The number of nitrogens with zero attached hydrogens (tertiary/aromatic N) is 1. The van der Waals surface area contributed by atoms with Gasteiger partial charge in [-0.15, -0.1) is 0 Å². The summed E-state index contributed by atoms with van der Waals surface area (Å²) in [6.45, 7) is 5.81. The Hall–Kier alpha value is -0.520. The fraction of sp³-hybridized carbons (Fsp3) is 0.625. The summed E-state index contributed by atoms with van der Waals surface area (Å²) in [5.74, 6) is -1.17. The van der Waals surface area contributed by atoms with E-state index in [1.165, 1.54) is 25.0 Å². The summed E-state index contributed by atoms with van der Waals surface area (Å²) in [5.41, 5.74) is 5.76. The third-order valence-corrected chi connectivity index (χ3v) is 5.19. The highest BCUT2D eigenvalue weighted by Crippen LogP contribution is 2.35. The lowest BCUT2D eigenvalue weighted by atomic mass is 9.86. The third-order valence-electron chi connectivity index (χ3n) is 4.57. The molecule has 2 nitrogen and oxygen atoms in total. The standard InChI is InChI=1S/C16H23BrF2N2/c1-16(2,21-9-5-3-4-6-10-21)15(20)13-12(18)8-7-11(17)14(13)19/h7-8,15H,3-6,9-10,20H2,1-2H3. The average Bonchev–Trinajstić information content (AvgIpc) is 2.72. The van der Waals surface area contributed by atoms with Crippen molar-refractivity contribution in [2.75, 3.05) is 13.1 Å². The van der Waals surface area contributed by atoms with E-state index in [1.807, 2.05) is 13.8 Å². The fourth-order valence-electron chi connectivity index (χ4n) is 3.02. The molecule has 1 atom stereocenters. The van der Waals surface area contributed by atoms with Crippen molar-refractivity contribution in [3.05, 3.63) is 33.8 Å². The molecule has 0 aromatic heterocycles. The van der Waals surface area contributed by atoms with Crippen LogP contribution in [0.5, 0.6) is 0 Å². The minimum absolute atomic E-state index is 0.0291. The van der Waals surface area contributed by atoms with E-state index in [4.69, 9.17) is 5.73 Å². The van der Waals surface area contributed by atoms with Crippen LogP contribution in [0.3, 0.4) is 0 Å². The van der Waals surface area contributed by atoms with Crippen LogP contribution in [0.4, 0.5) is 8.78 Å². The number of hydrogen-bond acceptors (Lipinski definition) is 2. The first kappa shape index (κ1) is 16.8. The van der Waals surface area contributed by atoms with E-state index in [0.717, 1.165) is 25.9 Å². The zero-order chi connectivity index (χ0) is 15.6. The molecule has 1 aliphatic rings. The Bertz CT molecular complexity index is 497. The highest BCUT2D eigenvalue weighted by molar-refractivity contribution is 9.10. The SMILES string of the molecule is CC(C)(C(N)c1c(F)ccc(Br)c1F)N1CCCCCC1. The molecule has 0 spiro atoms. The van der Waals surface area contributed by atoms with Gasteiger partial charge in [0.15, 0.2) is 0 Å².